The van der Waals surface area contributed by atoms with E-state index in [1.54, 1.807) is 12.1 Å². The first-order valence-corrected chi connectivity index (χ1v) is 10.0. The van der Waals surface area contributed by atoms with Crippen LogP contribution in [0.25, 0.3) is 10.8 Å². The maximum atomic E-state index is 12.3. The zero-order valence-electron chi connectivity index (χ0n) is 16.9. The fourth-order valence-electron chi connectivity index (χ4n) is 3.05. The Hall–Kier alpha value is -3.42. The van der Waals surface area contributed by atoms with Crippen molar-refractivity contribution in [1.29, 1.82) is 0 Å². The van der Waals surface area contributed by atoms with Crippen molar-refractivity contribution < 1.29 is 24.3 Å². The van der Waals surface area contributed by atoms with E-state index < -0.39 is 23.9 Å². The normalized spacial score (nSPS) is 11.5. The van der Waals surface area contributed by atoms with Gasteiger partial charge in [-0.3, -0.25) is 25.2 Å². The van der Waals surface area contributed by atoms with Crippen molar-refractivity contribution in [3.8, 4) is 0 Å². The van der Waals surface area contributed by atoms with E-state index in [0.29, 0.717) is 37.7 Å². The number of carbonyl (C=O) groups excluding carboxylic acids is 3. The van der Waals surface area contributed by atoms with Crippen LogP contribution in [0.15, 0.2) is 42.5 Å². The Morgan fingerprint density at radius 3 is 2.37 bits per heavy atom. The van der Waals surface area contributed by atoms with Gasteiger partial charge in [-0.25, -0.2) is 4.79 Å². The molecule has 0 spiro atoms. The van der Waals surface area contributed by atoms with Crippen LogP contribution in [0.3, 0.4) is 0 Å². The molecule has 3 amide bonds. The molecule has 0 heterocycles. The number of hydrogen-bond donors (Lipinski definition) is 4. The Morgan fingerprint density at radius 1 is 0.933 bits per heavy atom. The predicted octanol–water partition coefficient (Wildman–Crippen LogP) is 3.17. The van der Waals surface area contributed by atoms with Crippen LogP contribution in [-0.4, -0.2) is 34.8 Å². The van der Waals surface area contributed by atoms with Crippen LogP contribution in [0.4, 0.5) is 4.79 Å². The summed E-state index contributed by atoms with van der Waals surface area (Å²) >= 11 is 0. The lowest BCUT2D eigenvalue weighted by molar-refractivity contribution is -0.124. The molecule has 0 unspecified atom stereocenters. The number of hydrazine groups is 1. The highest BCUT2D eigenvalue weighted by atomic mass is 16.4. The Bertz CT molecular complexity index is 913. The number of rotatable bonds is 10. The Balaban J connectivity index is 1.86. The molecule has 2 aromatic carbocycles. The molecule has 160 valence electrons. The number of carboxylic acid groups (broad SMARTS) is 1. The molecule has 4 N–H and O–H groups in total. The van der Waals surface area contributed by atoms with Gasteiger partial charge in [0.15, 0.2) is 0 Å². The molecular formula is C22H27N3O5. The van der Waals surface area contributed by atoms with Gasteiger partial charge in [0.1, 0.15) is 11.8 Å². The van der Waals surface area contributed by atoms with Crippen molar-refractivity contribution in [2.45, 2.75) is 51.5 Å². The van der Waals surface area contributed by atoms with Crippen molar-refractivity contribution in [1.82, 2.24) is 16.2 Å². The van der Waals surface area contributed by atoms with Gasteiger partial charge in [-0.1, -0.05) is 50.1 Å². The number of unbranched alkanes of at least 4 members (excludes halogenated alkanes) is 2. The highest BCUT2D eigenvalue weighted by molar-refractivity contribution is 5.99. The standard InChI is InChI=1S/C22H27N3O5/c1-2-18(26)10-4-3-5-11-19(23-22(29)30)21(28)25-24-20(27)17-13-12-15-8-6-7-9-16(15)14-17/h6-9,12-14,19,23H,2-5,10-11H2,1H3,(H,24,27)(H,25,28)(H,29,30)/t19-/m0/s1. The van der Waals surface area contributed by atoms with Gasteiger partial charge >= 0.3 is 6.09 Å². The van der Waals surface area contributed by atoms with E-state index in [1.165, 1.54) is 0 Å². The first-order valence-electron chi connectivity index (χ1n) is 10.0. The van der Waals surface area contributed by atoms with Gasteiger partial charge in [0.2, 0.25) is 0 Å². The quantitative estimate of drug-likeness (QED) is 0.352. The molecule has 2 aromatic rings. The summed E-state index contributed by atoms with van der Waals surface area (Å²) < 4.78 is 0. The molecule has 2 rings (SSSR count). The third-order valence-corrected chi connectivity index (χ3v) is 4.77. The highest BCUT2D eigenvalue weighted by Gasteiger charge is 2.21. The molecule has 0 fully saturated rings. The summed E-state index contributed by atoms with van der Waals surface area (Å²) in [6.07, 6.45) is 1.92. The number of nitrogens with one attached hydrogen (secondary N) is 3. The van der Waals surface area contributed by atoms with Crippen LogP contribution < -0.4 is 16.2 Å². The predicted molar refractivity (Wildman–Crippen MR) is 113 cm³/mol. The van der Waals surface area contributed by atoms with E-state index in [-0.39, 0.29) is 12.2 Å². The summed E-state index contributed by atoms with van der Waals surface area (Å²) in [5.74, 6) is -0.957. The zero-order valence-corrected chi connectivity index (χ0v) is 16.9. The lowest BCUT2D eigenvalue weighted by Crippen LogP contribution is -2.52. The van der Waals surface area contributed by atoms with E-state index in [0.717, 1.165) is 10.8 Å². The summed E-state index contributed by atoms with van der Waals surface area (Å²) in [5.41, 5.74) is 4.98. The summed E-state index contributed by atoms with van der Waals surface area (Å²) in [6, 6.07) is 11.7. The molecule has 1 atom stereocenters. The number of carbonyl (C=O) groups is 4. The maximum absolute atomic E-state index is 12.3. The van der Waals surface area contributed by atoms with Crippen molar-refractivity contribution >= 4 is 34.5 Å². The van der Waals surface area contributed by atoms with Gasteiger partial charge in [-0.05, 0) is 35.7 Å². The number of amides is 3. The molecule has 0 saturated heterocycles. The van der Waals surface area contributed by atoms with Crippen LogP contribution in [0.1, 0.15) is 55.8 Å². The first-order chi connectivity index (χ1) is 14.4. The number of ketones is 1. The van der Waals surface area contributed by atoms with Gasteiger partial charge < -0.3 is 10.4 Å². The lowest BCUT2D eigenvalue weighted by atomic mass is 10.0. The minimum absolute atomic E-state index is 0.185. The van der Waals surface area contributed by atoms with Gasteiger partial charge in [0, 0.05) is 18.4 Å². The van der Waals surface area contributed by atoms with Gasteiger partial charge in [-0.2, -0.15) is 0 Å². The number of Topliss-reactive ketones (excluding diaryl/α,β-unsaturated/α-hetero) is 1. The molecule has 8 nitrogen and oxygen atoms in total. The average Bonchev–Trinajstić information content (AvgIpc) is 2.75. The molecule has 0 aliphatic heterocycles. The molecule has 30 heavy (non-hydrogen) atoms. The van der Waals surface area contributed by atoms with Crippen molar-refractivity contribution in [2.24, 2.45) is 0 Å². The SMILES string of the molecule is CCC(=O)CCCCC[C@H](NC(=O)O)C(=O)NNC(=O)c1ccc2ccccc2c1. The first kappa shape index (κ1) is 22.9. The number of benzene rings is 2. The summed E-state index contributed by atoms with van der Waals surface area (Å²) in [4.78, 5) is 47.0. The highest BCUT2D eigenvalue weighted by Crippen LogP contribution is 2.15. The van der Waals surface area contributed by atoms with E-state index in [4.69, 9.17) is 5.11 Å². The van der Waals surface area contributed by atoms with Crippen LogP contribution >= 0.6 is 0 Å². The van der Waals surface area contributed by atoms with Crippen LogP contribution in [0.5, 0.6) is 0 Å². The third kappa shape index (κ3) is 7.20. The molecule has 0 aromatic heterocycles. The molecule has 0 bridgehead atoms. The maximum Gasteiger partial charge on any atom is 0.405 e. The van der Waals surface area contributed by atoms with Crippen molar-refractivity contribution in [3.05, 3.63) is 48.0 Å². The van der Waals surface area contributed by atoms with E-state index >= 15 is 0 Å². The molecule has 0 aliphatic carbocycles. The third-order valence-electron chi connectivity index (χ3n) is 4.77. The van der Waals surface area contributed by atoms with E-state index in [1.807, 2.05) is 37.3 Å². The fraction of sp³-hybridized carbons (Fsp3) is 0.364. The fourth-order valence-corrected chi connectivity index (χ4v) is 3.05. The van der Waals surface area contributed by atoms with Crippen LogP contribution in [0, 0.1) is 0 Å². The molecule has 0 radical (unpaired) electrons. The molecule has 0 saturated carbocycles. The molecular weight excluding hydrogens is 386 g/mol. The monoisotopic (exact) mass is 413 g/mol. The number of fused-ring (bicyclic) bond motifs is 1. The Kier molecular flexibility index (Phi) is 8.80. The summed E-state index contributed by atoms with van der Waals surface area (Å²) in [5, 5.41) is 13.0. The lowest BCUT2D eigenvalue weighted by Gasteiger charge is -2.17. The largest absolute Gasteiger partial charge is 0.465 e. The van der Waals surface area contributed by atoms with E-state index in [2.05, 4.69) is 16.2 Å². The second-order valence-electron chi connectivity index (χ2n) is 7.00. The van der Waals surface area contributed by atoms with Gasteiger partial charge in [0.25, 0.3) is 11.8 Å². The number of hydrogen-bond acceptors (Lipinski definition) is 4. The zero-order chi connectivity index (χ0) is 21.9. The Labute approximate surface area is 175 Å². The van der Waals surface area contributed by atoms with E-state index in [9.17, 15) is 19.2 Å². The van der Waals surface area contributed by atoms with Crippen LogP contribution in [-0.2, 0) is 9.59 Å². The second-order valence-corrected chi connectivity index (χ2v) is 7.00. The Morgan fingerprint density at radius 2 is 1.67 bits per heavy atom. The molecule has 0 aliphatic rings. The minimum atomic E-state index is -1.32. The minimum Gasteiger partial charge on any atom is -0.465 e. The second kappa shape index (κ2) is 11.5. The van der Waals surface area contributed by atoms with Crippen molar-refractivity contribution in [2.75, 3.05) is 0 Å². The smallest absolute Gasteiger partial charge is 0.405 e. The average molecular weight is 413 g/mol. The van der Waals surface area contributed by atoms with Gasteiger partial charge in [-0.15, -0.1) is 0 Å². The topological polar surface area (TPSA) is 125 Å². The van der Waals surface area contributed by atoms with Gasteiger partial charge in [0.05, 0.1) is 0 Å². The molecule has 8 heteroatoms. The summed E-state index contributed by atoms with van der Waals surface area (Å²) in [7, 11) is 0. The van der Waals surface area contributed by atoms with Crippen molar-refractivity contribution in [3.63, 3.8) is 0 Å². The van der Waals surface area contributed by atoms with Crippen LogP contribution in [0.2, 0.25) is 0 Å². The summed E-state index contributed by atoms with van der Waals surface area (Å²) in [6.45, 7) is 1.81.